The lowest BCUT2D eigenvalue weighted by Crippen LogP contribution is -2.40. The molecule has 0 saturated carbocycles. The lowest BCUT2D eigenvalue weighted by Gasteiger charge is -2.26. The lowest BCUT2D eigenvalue weighted by molar-refractivity contribution is 0.0472. The Balaban J connectivity index is 1.77. The Morgan fingerprint density at radius 1 is 1.15 bits per heavy atom. The number of benzene rings is 2. The van der Waals surface area contributed by atoms with E-state index < -0.39 is 16.0 Å². The van der Waals surface area contributed by atoms with Crippen molar-refractivity contribution in [2.24, 2.45) is 0 Å². The average Bonchev–Trinajstić information content (AvgIpc) is 2.68. The molecule has 0 aliphatic carbocycles. The van der Waals surface area contributed by atoms with E-state index in [-0.39, 0.29) is 41.0 Å². The van der Waals surface area contributed by atoms with Crippen molar-refractivity contribution in [1.82, 2.24) is 4.31 Å². The van der Waals surface area contributed by atoms with Gasteiger partial charge < -0.3 is 9.47 Å². The third-order valence-corrected chi connectivity index (χ3v) is 6.42. The third-order valence-electron chi connectivity index (χ3n) is 4.04. The molecule has 1 aliphatic heterocycles. The minimum absolute atomic E-state index is 0.0246. The summed E-state index contributed by atoms with van der Waals surface area (Å²) in [7, 11) is -3.85. The maximum absolute atomic E-state index is 12.9. The number of ether oxygens (including phenoxy) is 2. The number of halogens is 2. The van der Waals surface area contributed by atoms with E-state index in [0.29, 0.717) is 18.8 Å². The Labute approximate surface area is 161 Å². The van der Waals surface area contributed by atoms with E-state index in [2.05, 4.69) is 0 Å². The largest absolute Gasteiger partial charge is 0.457 e. The fraction of sp³-hybridized carbons (Fsp3) is 0.278. The molecule has 0 unspecified atom stereocenters. The van der Waals surface area contributed by atoms with Gasteiger partial charge in [0.25, 0.3) is 0 Å². The third kappa shape index (κ3) is 4.65. The van der Waals surface area contributed by atoms with Crippen LogP contribution in [0.1, 0.15) is 15.9 Å². The number of morpholine rings is 1. The zero-order chi connectivity index (χ0) is 19.4. The SMILES string of the molecule is O=C(OCc1ccc(F)cc1)c1ccc(Cl)c(S(=O)(=O)N2CCOCC2)c1. The van der Waals surface area contributed by atoms with Gasteiger partial charge in [0, 0.05) is 13.1 Å². The molecule has 0 atom stereocenters. The number of hydrogen-bond donors (Lipinski definition) is 0. The predicted octanol–water partition coefficient (Wildman–Crippen LogP) is 2.86. The fourth-order valence-electron chi connectivity index (χ4n) is 2.57. The molecule has 0 bridgehead atoms. The first kappa shape index (κ1) is 19.8. The molecule has 27 heavy (non-hydrogen) atoms. The topological polar surface area (TPSA) is 72.9 Å². The summed E-state index contributed by atoms with van der Waals surface area (Å²) in [6.07, 6.45) is 0. The summed E-state index contributed by atoms with van der Waals surface area (Å²) in [5, 5.41) is 0.0246. The first-order valence-corrected chi connectivity index (χ1v) is 9.99. The number of sulfonamides is 1. The van der Waals surface area contributed by atoms with Gasteiger partial charge in [-0.05, 0) is 35.9 Å². The number of nitrogens with zero attached hydrogens (tertiary/aromatic N) is 1. The molecule has 9 heteroatoms. The average molecular weight is 414 g/mol. The monoisotopic (exact) mass is 413 g/mol. The van der Waals surface area contributed by atoms with Crippen molar-refractivity contribution >= 4 is 27.6 Å². The quantitative estimate of drug-likeness (QED) is 0.705. The summed E-state index contributed by atoms with van der Waals surface area (Å²) in [6.45, 7) is 0.982. The maximum Gasteiger partial charge on any atom is 0.338 e. The van der Waals surface area contributed by atoms with Crippen molar-refractivity contribution < 1.29 is 27.1 Å². The highest BCUT2D eigenvalue weighted by Crippen LogP contribution is 2.27. The van der Waals surface area contributed by atoms with Crippen LogP contribution >= 0.6 is 11.6 Å². The normalized spacial score (nSPS) is 15.5. The molecule has 2 aromatic rings. The number of esters is 1. The van der Waals surface area contributed by atoms with Crippen LogP contribution in [0, 0.1) is 5.82 Å². The van der Waals surface area contributed by atoms with Crippen LogP contribution in [0.3, 0.4) is 0 Å². The van der Waals surface area contributed by atoms with E-state index >= 15 is 0 Å². The van der Waals surface area contributed by atoms with Crippen LogP contribution in [0.4, 0.5) is 4.39 Å². The van der Waals surface area contributed by atoms with Crippen molar-refractivity contribution in [3.63, 3.8) is 0 Å². The molecular formula is C18H17ClFNO5S. The van der Waals surface area contributed by atoms with Crippen LogP contribution in [0.25, 0.3) is 0 Å². The Kier molecular flexibility index (Phi) is 6.11. The lowest BCUT2D eigenvalue weighted by atomic mass is 10.2. The second kappa shape index (κ2) is 8.35. The van der Waals surface area contributed by atoms with Gasteiger partial charge in [0.15, 0.2) is 0 Å². The second-order valence-corrected chi connectivity index (χ2v) is 8.18. The van der Waals surface area contributed by atoms with Crippen molar-refractivity contribution in [2.45, 2.75) is 11.5 Å². The van der Waals surface area contributed by atoms with E-state index in [4.69, 9.17) is 21.1 Å². The molecule has 6 nitrogen and oxygen atoms in total. The Morgan fingerprint density at radius 3 is 2.48 bits per heavy atom. The zero-order valence-corrected chi connectivity index (χ0v) is 15.8. The molecule has 1 fully saturated rings. The minimum atomic E-state index is -3.85. The predicted molar refractivity (Wildman–Crippen MR) is 96.5 cm³/mol. The summed E-state index contributed by atoms with van der Waals surface area (Å²) < 4.78 is 50.1. The Morgan fingerprint density at radius 2 is 1.81 bits per heavy atom. The van der Waals surface area contributed by atoms with Crippen molar-refractivity contribution in [3.8, 4) is 0 Å². The van der Waals surface area contributed by atoms with Gasteiger partial charge in [0.1, 0.15) is 17.3 Å². The van der Waals surface area contributed by atoms with Crippen molar-refractivity contribution in [1.29, 1.82) is 0 Å². The van der Waals surface area contributed by atoms with Crippen LogP contribution in [0.2, 0.25) is 5.02 Å². The summed E-state index contributed by atoms with van der Waals surface area (Å²) in [5.41, 5.74) is 0.674. The molecule has 0 radical (unpaired) electrons. The first-order chi connectivity index (χ1) is 12.9. The van der Waals surface area contributed by atoms with Gasteiger partial charge in [-0.1, -0.05) is 23.7 Å². The van der Waals surface area contributed by atoms with Gasteiger partial charge in [0.2, 0.25) is 10.0 Å². The molecule has 1 saturated heterocycles. The summed E-state index contributed by atoms with van der Waals surface area (Å²) in [6, 6.07) is 9.48. The molecular weight excluding hydrogens is 397 g/mol. The Bertz CT molecular complexity index is 927. The van der Waals surface area contributed by atoms with Crippen LogP contribution in [-0.4, -0.2) is 45.0 Å². The molecule has 0 N–H and O–H groups in total. The molecule has 3 rings (SSSR count). The van der Waals surface area contributed by atoms with Gasteiger partial charge >= 0.3 is 5.97 Å². The van der Waals surface area contributed by atoms with Gasteiger partial charge in [-0.2, -0.15) is 4.31 Å². The van der Waals surface area contributed by atoms with Crippen LogP contribution in [0.5, 0.6) is 0 Å². The minimum Gasteiger partial charge on any atom is -0.457 e. The number of carbonyl (C=O) groups excluding carboxylic acids is 1. The number of carbonyl (C=O) groups is 1. The van der Waals surface area contributed by atoms with E-state index in [1.165, 1.54) is 46.8 Å². The molecule has 0 spiro atoms. The van der Waals surface area contributed by atoms with E-state index in [0.717, 1.165) is 0 Å². The molecule has 1 aliphatic rings. The highest BCUT2D eigenvalue weighted by Gasteiger charge is 2.29. The zero-order valence-electron chi connectivity index (χ0n) is 14.2. The number of rotatable bonds is 5. The van der Waals surface area contributed by atoms with Crippen LogP contribution in [-0.2, 0) is 26.1 Å². The fourth-order valence-corrected chi connectivity index (χ4v) is 4.48. The van der Waals surface area contributed by atoms with Crippen molar-refractivity contribution in [2.75, 3.05) is 26.3 Å². The summed E-state index contributed by atoms with van der Waals surface area (Å²) in [5.74, 6) is -1.09. The molecule has 0 amide bonds. The van der Waals surface area contributed by atoms with Gasteiger partial charge in [-0.3, -0.25) is 0 Å². The summed E-state index contributed by atoms with van der Waals surface area (Å²) in [4.78, 5) is 12.1. The van der Waals surface area contributed by atoms with Gasteiger partial charge in [-0.15, -0.1) is 0 Å². The highest BCUT2D eigenvalue weighted by molar-refractivity contribution is 7.89. The Hall–Kier alpha value is -2.00. The van der Waals surface area contributed by atoms with Crippen molar-refractivity contribution in [3.05, 3.63) is 64.4 Å². The standard InChI is InChI=1S/C18H17ClFNO5S/c19-16-6-3-14(18(22)26-12-13-1-4-15(20)5-2-13)11-17(16)27(23,24)21-7-9-25-10-8-21/h1-6,11H,7-10,12H2. The smallest absolute Gasteiger partial charge is 0.338 e. The highest BCUT2D eigenvalue weighted by atomic mass is 35.5. The number of hydrogen-bond acceptors (Lipinski definition) is 5. The molecule has 1 heterocycles. The maximum atomic E-state index is 12.9. The van der Waals surface area contributed by atoms with Gasteiger partial charge in [0.05, 0.1) is 23.8 Å². The van der Waals surface area contributed by atoms with E-state index in [1.807, 2.05) is 0 Å². The molecule has 0 aromatic heterocycles. The van der Waals surface area contributed by atoms with Crippen LogP contribution < -0.4 is 0 Å². The van der Waals surface area contributed by atoms with E-state index in [1.54, 1.807) is 0 Å². The second-order valence-electron chi connectivity index (χ2n) is 5.86. The van der Waals surface area contributed by atoms with Gasteiger partial charge in [-0.25, -0.2) is 17.6 Å². The molecule has 2 aromatic carbocycles. The van der Waals surface area contributed by atoms with Crippen LogP contribution in [0.15, 0.2) is 47.4 Å². The molecule has 144 valence electrons. The first-order valence-electron chi connectivity index (χ1n) is 8.17. The van der Waals surface area contributed by atoms with E-state index in [9.17, 15) is 17.6 Å². The summed E-state index contributed by atoms with van der Waals surface area (Å²) >= 11 is 6.07.